The average Bonchev–Trinajstić information content (AvgIpc) is 3.46. The van der Waals surface area contributed by atoms with Gasteiger partial charge in [-0.25, -0.2) is 4.79 Å². The van der Waals surface area contributed by atoms with Gasteiger partial charge in [0.1, 0.15) is 23.8 Å². The molecule has 2 heterocycles. The van der Waals surface area contributed by atoms with Crippen molar-refractivity contribution in [1.29, 1.82) is 0 Å². The Labute approximate surface area is 186 Å². The Hall–Kier alpha value is -3.36. The van der Waals surface area contributed by atoms with Crippen LogP contribution in [0.5, 0.6) is 11.5 Å². The highest BCUT2D eigenvalue weighted by molar-refractivity contribution is 5.85. The van der Waals surface area contributed by atoms with E-state index >= 15 is 0 Å². The lowest BCUT2D eigenvalue weighted by Crippen LogP contribution is -2.08. The molecule has 1 aromatic heterocycles. The van der Waals surface area contributed by atoms with Crippen LogP contribution in [-0.4, -0.2) is 41.2 Å². The highest BCUT2D eigenvalue weighted by atomic mass is 16.7. The van der Waals surface area contributed by atoms with Gasteiger partial charge in [0.2, 0.25) is 0 Å². The summed E-state index contributed by atoms with van der Waals surface area (Å²) in [6, 6.07) is 15.2. The number of hydrogen-bond acceptors (Lipinski definition) is 6. The number of ether oxygens (including phenoxy) is 4. The van der Waals surface area contributed by atoms with Gasteiger partial charge in [0.05, 0.1) is 31.6 Å². The second kappa shape index (κ2) is 9.84. The van der Waals surface area contributed by atoms with Gasteiger partial charge >= 0.3 is 5.97 Å². The molecule has 0 amide bonds. The second-order valence-corrected chi connectivity index (χ2v) is 7.49. The molecule has 0 spiro atoms. The molecule has 4 rings (SSSR count). The van der Waals surface area contributed by atoms with Gasteiger partial charge in [-0.1, -0.05) is 24.3 Å². The van der Waals surface area contributed by atoms with Crippen LogP contribution in [0.3, 0.4) is 0 Å². The van der Waals surface area contributed by atoms with Crippen LogP contribution in [0.1, 0.15) is 39.2 Å². The Kier molecular flexibility index (Phi) is 6.72. The molecule has 3 aromatic rings. The van der Waals surface area contributed by atoms with E-state index in [0.717, 1.165) is 22.4 Å². The van der Waals surface area contributed by atoms with Gasteiger partial charge < -0.3 is 24.1 Å². The Morgan fingerprint density at radius 1 is 1.16 bits per heavy atom. The second-order valence-electron chi connectivity index (χ2n) is 7.49. The molecule has 168 valence electrons. The monoisotopic (exact) mass is 438 g/mol. The maximum atomic E-state index is 11.3. The SMILES string of the molecule is COc1ccc(COc2cccc(CCc3cc(C(=O)O)n(C)n3)c2C2OCCO2)cc1. The van der Waals surface area contributed by atoms with Crippen molar-refractivity contribution in [2.24, 2.45) is 7.05 Å². The molecule has 1 N–H and O–H groups in total. The number of aromatic nitrogens is 2. The minimum atomic E-state index is -0.992. The fraction of sp³-hybridized carbons (Fsp3) is 0.333. The first kappa shape index (κ1) is 21.9. The van der Waals surface area contributed by atoms with Crippen LogP contribution in [0, 0.1) is 0 Å². The number of benzene rings is 2. The van der Waals surface area contributed by atoms with Crippen LogP contribution in [-0.2, 0) is 36.0 Å². The molecular formula is C24H26N2O6. The number of methoxy groups -OCH3 is 1. The van der Waals surface area contributed by atoms with Crippen molar-refractivity contribution < 1.29 is 28.8 Å². The van der Waals surface area contributed by atoms with Crippen LogP contribution in [0.25, 0.3) is 0 Å². The van der Waals surface area contributed by atoms with Gasteiger partial charge in [-0.15, -0.1) is 0 Å². The summed E-state index contributed by atoms with van der Waals surface area (Å²) >= 11 is 0. The van der Waals surface area contributed by atoms with E-state index in [2.05, 4.69) is 5.10 Å². The lowest BCUT2D eigenvalue weighted by Gasteiger charge is -2.19. The molecule has 0 radical (unpaired) electrons. The molecule has 1 saturated heterocycles. The molecule has 32 heavy (non-hydrogen) atoms. The van der Waals surface area contributed by atoms with E-state index < -0.39 is 12.3 Å². The Morgan fingerprint density at radius 3 is 2.56 bits per heavy atom. The maximum Gasteiger partial charge on any atom is 0.354 e. The van der Waals surface area contributed by atoms with E-state index in [1.54, 1.807) is 20.2 Å². The number of carboxylic acid groups (broad SMARTS) is 1. The fourth-order valence-electron chi connectivity index (χ4n) is 3.72. The molecule has 0 atom stereocenters. The number of hydrogen-bond donors (Lipinski definition) is 1. The zero-order chi connectivity index (χ0) is 22.5. The molecule has 0 aliphatic carbocycles. The largest absolute Gasteiger partial charge is 0.497 e. The number of carbonyl (C=O) groups is 1. The lowest BCUT2D eigenvalue weighted by molar-refractivity contribution is -0.0465. The highest BCUT2D eigenvalue weighted by Crippen LogP contribution is 2.35. The van der Waals surface area contributed by atoms with Crippen molar-refractivity contribution >= 4 is 5.97 Å². The van der Waals surface area contributed by atoms with Crippen LogP contribution in [0.4, 0.5) is 0 Å². The molecule has 2 aromatic carbocycles. The third-order valence-corrected chi connectivity index (χ3v) is 5.37. The van der Waals surface area contributed by atoms with Crippen LogP contribution in [0.15, 0.2) is 48.5 Å². The number of nitrogens with zero attached hydrogens (tertiary/aromatic N) is 2. The van der Waals surface area contributed by atoms with E-state index in [-0.39, 0.29) is 5.69 Å². The summed E-state index contributed by atoms with van der Waals surface area (Å²) in [7, 11) is 3.27. The summed E-state index contributed by atoms with van der Waals surface area (Å²) in [5.74, 6) is 0.510. The highest BCUT2D eigenvalue weighted by Gasteiger charge is 2.25. The fourth-order valence-corrected chi connectivity index (χ4v) is 3.72. The normalized spacial score (nSPS) is 13.9. The first-order valence-electron chi connectivity index (χ1n) is 10.4. The first-order valence-corrected chi connectivity index (χ1v) is 10.4. The van der Waals surface area contributed by atoms with Gasteiger partial charge in [0.25, 0.3) is 0 Å². The summed E-state index contributed by atoms with van der Waals surface area (Å²) in [6.45, 7) is 1.45. The van der Waals surface area contributed by atoms with Crippen molar-refractivity contribution in [2.45, 2.75) is 25.7 Å². The number of carboxylic acids is 1. The van der Waals surface area contributed by atoms with E-state index in [4.69, 9.17) is 18.9 Å². The maximum absolute atomic E-state index is 11.3. The van der Waals surface area contributed by atoms with Gasteiger partial charge in [0.15, 0.2) is 6.29 Å². The molecule has 0 unspecified atom stereocenters. The summed E-state index contributed by atoms with van der Waals surface area (Å²) in [5, 5.41) is 13.6. The molecule has 0 bridgehead atoms. The topological polar surface area (TPSA) is 92.0 Å². The predicted octanol–water partition coefficient (Wildman–Crippen LogP) is 3.54. The Bertz CT molecular complexity index is 1070. The van der Waals surface area contributed by atoms with Crippen LogP contribution < -0.4 is 9.47 Å². The Balaban J connectivity index is 1.53. The number of rotatable bonds is 9. The lowest BCUT2D eigenvalue weighted by atomic mass is 10.00. The molecule has 1 aliphatic heterocycles. The minimum absolute atomic E-state index is 0.166. The van der Waals surface area contributed by atoms with E-state index in [1.165, 1.54) is 4.68 Å². The standard InChI is InChI=1S/C24H26N2O6/c1-26-20(23(27)28)14-18(25-26)9-8-17-4-3-5-21(22(17)24-30-12-13-31-24)32-15-16-6-10-19(29-2)11-7-16/h3-7,10-11,14,24H,8-9,12-13,15H2,1-2H3,(H,27,28). The van der Waals surface area contributed by atoms with Crippen molar-refractivity contribution in [3.05, 3.63) is 76.6 Å². The zero-order valence-electron chi connectivity index (χ0n) is 18.1. The van der Waals surface area contributed by atoms with Crippen molar-refractivity contribution in [3.63, 3.8) is 0 Å². The molecular weight excluding hydrogens is 412 g/mol. The molecule has 8 heteroatoms. The molecule has 1 aliphatic rings. The smallest absolute Gasteiger partial charge is 0.354 e. The van der Waals surface area contributed by atoms with Crippen molar-refractivity contribution in [1.82, 2.24) is 9.78 Å². The quantitative estimate of drug-likeness (QED) is 0.546. The first-order chi connectivity index (χ1) is 15.5. The van der Waals surface area contributed by atoms with Gasteiger partial charge in [-0.05, 0) is 48.2 Å². The van der Waals surface area contributed by atoms with Crippen LogP contribution >= 0.6 is 0 Å². The minimum Gasteiger partial charge on any atom is -0.497 e. The van der Waals surface area contributed by atoms with Gasteiger partial charge in [0, 0.05) is 7.05 Å². The predicted molar refractivity (Wildman–Crippen MR) is 116 cm³/mol. The average molecular weight is 438 g/mol. The third kappa shape index (κ3) is 4.92. The van der Waals surface area contributed by atoms with E-state index in [0.29, 0.717) is 44.1 Å². The molecule has 1 fully saturated rings. The number of aryl methyl sites for hydroxylation is 3. The third-order valence-electron chi connectivity index (χ3n) is 5.37. The van der Waals surface area contributed by atoms with Crippen molar-refractivity contribution in [2.75, 3.05) is 20.3 Å². The van der Waals surface area contributed by atoms with E-state index in [9.17, 15) is 9.90 Å². The van der Waals surface area contributed by atoms with Gasteiger partial charge in [-0.2, -0.15) is 5.10 Å². The Morgan fingerprint density at radius 2 is 1.91 bits per heavy atom. The summed E-state index contributed by atoms with van der Waals surface area (Å²) in [4.78, 5) is 11.3. The molecule has 0 saturated carbocycles. The summed E-state index contributed by atoms with van der Waals surface area (Å²) < 4.78 is 24.3. The van der Waals surface area contributed by atoms with E-state index in [1.807, 2.05) is 42.5 Å². The summed E-state index contributed by atoms with van der Waals surface area (Å²) in [6.07, 6.45) is 0.743. The van der Waals surface area contributed by atoms with Crippen LogP contribution in [0.2, 0.25) is 0 Å². The van der Waals surface area contributed by atoms with Crippen molar-refractivity contribution in [3.8, 4) is 11.5 Å². The summed E-state index contributed by atoms with van der Waals surface area (Å²) in [5.41, 5.74) is 3.79. The molecule has 8 nitrogen and oxygen atoms in total. The van der Waals surface area contributed by atoms with Gasteiger partial charge in [-0.3, -0.25) is 4.68 Å². The zero-order valence-corrected chi connectivity index (χ0v) is 18.1. The number of aromatic carboxylic acids is 1.